The van der Waals surface area contributed by atoms with Crippen LogP contribution in [0.25, 0.3) is 0 Å². The van der Waals surface area contributed by atoms with Gasteiger partial charge in [-0.25, -0.2) is 19.2 Å². The third-order valence-electron chi connectivity index (χ3n) is 12.3. The van der Waals surface area contributed by atoms with Gasteiger partial charge in [0.2, 0.25) is 0 Å². The van der Waals surface area contributed by atoms with Crippen LogP contribution in [0.1, 0.15) is 287 Å². The van der Waals surface area contributed by atoms with Crippen LogP contribution in [-0.4, -0.2) is 98.1 Å². The van der Waals surface area contributed by atoms with E-state index < -0.39 is 47.8 Å². The van der Waals surface area contributed by atoms with E-state index in [4.69, 9.17) is 18.9 Å². The molecule has 0 radical (unpaired) electrons. The van der Waals surface area contributed by atoms with Crippen LogP contribution in [0.5, 0.6) is 0 Å². The molecule has 0 heterocycles. The summed E-state index contributed by atoms with van der Waals surface area (Å²) >= 11 is 0. The molecule has 0 amide bonds. The van der Waals surface area contributed by atoms with Crippen molar-refractivity contribution in [3.8, 4) is 0 Å². The summed E-state index contributed by atoms with van der Waals surface area (Å²) < 4.78 is 20.2. The number of carbonyl (C=O) groups excluding carboxylic acids is 8. The molecule has 0 aromatic carbocycles. The first kappa shape index (κ1) is 85.3. The number of carboxylic acid groups (broad SMARTS) is 4. The maximum absolute atomic E-state index is 11.7. The number of unbranched alkanes of at least 4 members (excludes halogenated alkanes) is 24. The van der Waals surface area contributed by atoms with Crippen LogP contribution >= 0.6 is 0 Å². The Morgan fingerprint density at radius 1 is 0.247 bits per heavy atom. The Morgan fingerprint density at radius 3 is 0.543 bits per heavy atom. The molecule has 0 fully saturated rings. The Bertz CT molecular complexity index is 1490. The second kappa shape index (κ2) is 66.3. The van der Waals surface area contributed by atoms with Gasteiger partial charge < -0.3 is 58.6 Å². The van der Waals surface area contributed by atoms with E-state index in [-0.39, 0.29) is 46.2 Å². The zero-order valence-electron chi connectivity index (χ0n) is 51.6. The monoisotopic (exact) mass is 1250 g/mol. The fourth-order valence-corrected chi connectivity index (χ4v) is 7.49. The molecule has 464 valence electrons. The minimum absolute atomic E-state index is 0. The normalized spacial score (nSPS) is 11.3. The van der Waals surface area contributed by atoms with Crippen molar-refractivity contribution in [1.82, 2.24) is 0 Å². The quantitative estimate of drug-likeness (QED) is 0.0180. The van der Waals surface area contributed by atoms with Crippen LogP contribution in [0.4, 0.5) is 0 Å². The van der Waals surface area contributed by atoms with Crippen molar-refractivity contribution in [2.75, 3.05) is 26.4 Å². The molecule has 0 saturated heterocycles. The first-order valence-electron chi connectivity index (χ1n) is 30.8. The molecular weight excluding hydrogens is 1140 g/mol. The van der Waals surface area contributed by atoms with Gasteiger partial charge in [0.1, 0.15) is 0 Å². The summed E-state index contributed by atoms with van der Waals surface area (Å²) in [5, 5.41) is 42.5. The van der Waals surface area contributed by atoms with Crippen LogP contribution < -0.4 is 20.4 Å². The first-order valence-corrected chi connectivity index (χ1v) is 30.8. The molecule has 0 rings (SSSR count). The van der Waals surface area contributed by atoms with Crippen LogP contribution in [-0.2, 0) is 57.3 Å². The second-order valence-electron chi connectivity index (χ2n) is 20.0. The second-order valence-corrected chi connectivity index (χ2v) is 20.0. The van der Waals surface area contributed by atoms with E-state index in [1.54, 1.807) is 0 Å². The maximum atomic E-state index is 11.7. The van der Waals surface area contributed by atoms with Crippen molar-refractivity contribution in [2.45, 2.75) is 287 Å². The molecule has 0 bridgehead atoms. The molecule has 0 aliphatic carbocycles. The standard InChI is InChI=1S/4C16H28O4.Sn/c4*1-3-5-7-8-9-10-11-14(13-15(17)18)16(19)20-12-6-4-2;/h4*13H,3-12H2,1-2H3,(H,17,18);/q;;;;+4/p-4/b4*14-13-;. The largest absolute Gasteiger partial charge is 4.00 e. The summed E-state index contributed by atoms with van der Waals surface area (Å²) in [6, 6.07) is 0. The van der Waals surface area contributed by atoms with E-state index >= 15 is 0 Å². The topological polar surface area (TPSA) is 266 Å². The van der Waals surface area contributed by atoms with E-state index in [1.807, 2.05) is 27.7 Å². The number of hydrogen-bond acceptors (Lipinski definition) is 16. The summed E-state index contributed by atoms with van der Waals surface area (Å²) in [6.45, 7) is 18.0. The van der Waals surface area contributed by atoms with Crippen LogP contribution in [0.15, 0.2) is 46.6 Å². The molecule has 0 atom stereocenters. The molecule has 0 aliphatic rings. The van der Waals surface area contributed by atoms with Crippen molar-refractivity contribution in [1.29, 1.82) is 0 Å². The van der Waals surface area contributed by atoms with Crippen LogP contribution in [0, 0.1) is 0 Å². The van der Waals surface area contributed by atoms with E-state index in [0.29, 0.717) is 52.1 Å². The number of rotatable bonds is 48. The molecule has 0 aliphatic heterocycles. The number of hydrogen-bond donors (Lipinski definition) is 0. The maximum Gasteiger partial charge on any atom is 4.00 e. The Balaban J connectivity index is -0.000000316. The van der Waals surface area contributed by atoms with Crippen molar-refractivity contribution < 1.29 is 77.7 Å². The van der Waals surface area contributed by atoms with Gasteiger partial charge in [-0.2, -0.15) is 0 Å². The van der Waals surface area contributed by atoms with Crippen molar-refractivity contribution in [2.24, 2.45) is 0 Å². The molecule has 0 unspecified atom stereocenters. The molecule has 0 N–H and O–H groups in total. The Labute approximate surface area is 506 Å². The van der Waals surface area contributed by atoms with Gasteiger partial charge in [-0.15, -0.1) is 0 Å². The summed E-state index contributed by atoms with van der Waals surface area (Å²) in [6.07, 6.45) is 38.4. The number of aliphatic carboxylic acids is 4. The summed E-state index contributed by atoms with van der Waals surface area (Å²) in [5.41, 5.74) is 0.876. The fraction of sp³-hybridized carbons (Fsp3) is 0.750. The number of carboxylic acids is 4. The predicted molar refractivity (Wildman–Crippen MR) is 314 cm³/mol. The molecule has 17 heteroatoms. The van der Waals surface area contributed by atoms with Crippen molar-refractivity contribution in [3.05, 3.63) is 46.6 Å². The molecule has 0 aromatic heterocycles. The van der Waals surface area contributed by atoms with Gasteiger partial charge in [-0.1, -0.05) is 209 Å². The molecule has 0 spiro atoms. The Morgan fingerprint density at radius 2 is 0.395 bits per heavy atom. The molecule has 0 aromatic rings. The minimum Gasteiger partial charge on any atom is -0.545 e. The van der Waals surface area contributed by atoms with Gasteiger partial charge in [-0.3, -0.25) is 0 Å². The van der Waals surface area contributed by atoms with Crippen molar-refractivity contribution >= 4 is 71.7 Å². The van der Waals surface area contributed by atoms with Crippen molar-refractivity contribution in [3.63, 3.8) is 0 Å². The number of carbonyl (C=O) groups is 8. The van der Waals surface area contributed by atoms with E-state index in [2.05, 4.69) is 27.7 Å². The third-order valence-corrected chi connectivity index (χ3v) is 12.3. The van der Waals surface area contributed by atoms with Gasteiger partial charge in [0.05, 0.1) is 50.3 Å². The Kier molecular flexibility index (Phi) is 69.9. The minimum atomic E-state index is -1.33. The average Bonchev–Trinajstić information content (AvgIpc) is 3.41. The van der Waals surface area contributed by atoms with Gasteiger partial charge in [0, 0.05) is 22.3 Å². The van der Waals surface area contributed by atoms with Gasteiger partial charge >= 0.3 is 47.8 Å². The van der Waals surface area contributed by atoms with E-state index in [1.165, 1.54) is 77.0 Å². The summed E-state index contributed by atoms with van der Waals surface area (Å²) in [7, 11) is 0. The molecule has 0 saturated carbocycles. The van der Waals surface area contributed by atoms with E-state index in [9.17, 15) is 58.8 Å². The molecule has 16 nitrogen and oxygen atoms in total. The summed E-state index contributed by atoms with van der Waals surface area (Å²) in [4.78, 5) is 89.4. The Hall–Kier alpha value is -4.48. The fourth-order valence-electron chi connectivity index (χ4n) is 7.49. The molecular formula is C64H108O16Sn. The van der Waals surface area contributed by atoms with Gasteiger partial charge in [-0.05, 0) is 101 Å². The first-order chi connectivity index (χ1) is 38.5. The van der Waals surface area contributed by atoms with Crippen LogP contribution in [0.3, 0.4) is 0 Å². The number of ether oxygens (including phenoxy) is 4. The predicted octanol–water partition coefficient (Wildman–Crippen LogP) is 10.6. The zero-order chi connectivity index (χ0) is 60.9. The SMILES string of the molecule is CCCCCCCC/C(=C/C(=O)[O-])C(=O)OCCCC.CCCCCCCC/C(=C/C(=O)[O-])C(=O)OCCCC.CCCCCCCC/C(=C/C(=O)[O-])C(=O)OCCCC.CCCCCCCC/C(=C/C(=O)[O-])C(=O)OCCCC.[Sn+4]. The third kappa shape index (κ3) is 64.6. The van der Waals surface area contributed by atoms with Gasteiger partial charge in [0.15, 0.2) is 0 Å². The van der Waals surface area contributed by atoms with E-state index in [0.717, 1.165) is 153 Å². The summed E-state index contributed by atoms with van der Waals surface area (Å²) in [5.74, 6) is -7.41. The zero-order valence-corrected chi connectivity index (χ0v) is 54.5. The van der Waals surface area contributed by atoms with Crippen LogP contribution in [0.2, 0.25) is 0 Å². The molecule has 81 heavy (non-hydrogen) atoms. The average molecular weight is 1250 g/mol. The smallest absolute Gasteiger partial charge is 0.545 e. The van der Waals surface area contributed by atoms with Gasteiger partial charge in [0.25, 0.3) is 0 Å². The number of esters is 4.